The van der Waals surface area contributed by atoms with Crippen LogP contribution in [0.15, 0.2) is 24.3 Å². The molecule has 0 radical (unpaired) electrons. The molecular formula is C21H26N8O. The molecule has 0 spiro atoms. The molecule has 9 heteroatoms. The van der Waals surface area contributed by atoms with Gasteiger partial charge in [-0.2, -0.15) is 0 Å². The maximum absolute atomic E-state index is 13.3. The van der Waals surface area contributed by atoms with Crippen molar-refractivity contribution in [2.75, 3.05) is 23.4 Å². The number of nitrogens with zero attached hydrogens (tertiary/aromatic N) is 7. The van der Waals surface area contributed by atoms with Crippen LogP contribution in [-0.2, 0) is 19.6 Å². The van der Waals surface area contributed by atoms with E-state index in [0.717, 1.165) is 36.0 Å². The molecule has 1 aliphatic rings. The van der Waals surface area contributed by atoms with Crippen molar-refractivity contribution in [3.05, 3.63) is 46.9 Å². The normalized spacial score (nSPS) is 13.1. The highest BCUT2D eigenvalue weighted by atomic mass is 16.2. The van der Waals surface area contributed by atoms with Gasteiger partial charge in [-0.25, -0.2) is 9.97 Å². The van der Waals surface area contributed by atoms with Crippen LogP contribution in [0.3, 0.4) is 0 Å². The standard InChI is InChI=1S/C21H26N8O/c1-5-27(4)19-10-14-15(17(11-22)24-19)12-29(21(14)30)18-9-7-8-16(23-18)20-26-25-13(3)28(20)6-2/h7-10H,5-6,11-12,22H2,1-4H3. The van der Waals surface area contributed by atoms with Crippen LogP contribution >= 0.6 is 0 Å². The van der Waals surface area contributed by atoms with E-state index >= 15 is 0 Å². The third-order valence-electron chi connectivity index (χ3n) is 5.54. The molecule has 0 saturated carbocycles. The molecule has 0 fully saturated rings. The summed E-state index contributed by atoms with van der Waals surface area (Å²) in [6, 6.07) is 7.45. The van der Waals surface area contributed by atoms with Crippen LogP contribution in [0, 0.1) is 6.92 Å². The van der Waals surface area contributed by atoms with Crippen molar-refractivity contribution in [3.8, 4) is 11.5 Å². The molecule has 3 aromatic rings. The number of aromatic nitrogens is 5. The topological polar surface area (TPSA) is 106 Å². The molecule has 0 aliphatic carbocycles. The van der Waals surface area contributed by atoms with E-state index in [9.17, 15) is 4.79 Å². The van der Waals surface area contributed by atoms with Crippen molar-refractivity contribution in [1.82, 2.24) is 24.7 Å². The van der Waals surface area contributed by atoms with Crippen LogP contribution in [0.5, 0.6) is 0 Å². The van der Waals surface area contributed by atoms with Gasteiger partial charge in [0.05, 0.1) is 17.8 Å². The van der Waals surface area contributed by atoms with E-state index in [1.807, 2.05) is 61.6 Å². The highest BCUT2D eigenvalue weighted by Gasteiger charge is 2.33. The van der Waals surface area contributed by atoms with E-state index in [-0.39, 0.29) is 12.5 Å². The van der Waals surface area contributed by atoms with Crippen LogP contribution in [0.25, 0.3) is 11.5 Å². The van der Waals surface area contributed by atoms with Gasteiger partial charge < -0.3 is 15.2 Å². The number of fused-ring (bicyclic) bond motifs is 1. The molecule has 156 valence electrons. The zero-order valence-corrected chi connectivity index (χ0v) is 17.8. The molecule has 30 heavy (non-hydrogen) atoms. The second-order valence-corrected chi connectivity index (χ2v) is 7.26. The number of nitrogens with two attached hydrogens (primary N) is 1. The number of carbonyl (C=O) groups is 1. The van der Waals surface area contributed by atoms with Crippen molar-refractivity contribution in [2.24, 2.45) is 5.73 Å². The van der Waals surface area contributed by atoms with Crippen LogP contribution in [0.4, 0.5) is 11.6 Å². The average molecular weight is 406 g/mol. The lowest BCUT2D eigenvalue weighted by Gasteiger charge is -2.17. The Morgan fingerprint density at radius 3 is 2.70 bits per heavy atom. The maximum atomic E-state index is 13.3. The molecule has 0 atom stereocenters. The summed E-state index contributed by atoms with van der Waals surface area (Å²) in [4.78, 5) is 26.3. The fourth-order valence-electron chi connectivity index (χ4n) is 3.71. The van der Waals surface area contributed by atoms with Gasteiger partial charge in [0.15, 0.2) is 5.82 Å². The predicted molar refractivity (Wildman–Crippen MR) is 115 cm³/mol. The summed E-state index contributed by atoms with van der Waals surface area (Å²) in [5.74, 6) is 2.75. The molecule has 0 saturated heterocycles. The molecule has 3 aromatic heterocycles. The Hall–Kier alpha value is -3.33. The Bertz CT molecular complexity index is 1110. The van der Waals surface area contributed by atoms with Gasteiger partial charge in [0.2, 0.25) is 0 Å². The van der Waals surface area contributed by atoms with Crippen molar-refractivity contribution in [1.29, 1.82) is 0 Å². The van der Waals surface area contributed by atoms with E-state index in [0.29, 0.717) is 29.4 Å². The van der Waals surface area contributed by atoms with Gasteiger partial charge in [-0.05, 0) is 39.0 Å². The smallest absolute Gasteiger partial charge is 0.260 e. The second-order valence-electron chi connectivity index (χ2n) is 7.26. The number of rotatable bonds is 6. The highest BCUT2D eigenvalue weighted by molar-refractivity contribution is 6.10. The molecule has 2 N–H and O–H groups in total. The number of hydrogen-bond donors (Lipinski definition) is 1. The molecule has 0 bridgehead atoms. The monoisotopic (exact) mass is 406 g/mol. The number of anilines is 2. The fourth-order valence-corrected chi connectivity index (χ4v) is 3.71. The largest absolute Gasteiger partial charge is 0.360 e. The van der Waals surface area contributed by atoms with Gasteiger partial charge in [-0.1, -0.05) is 6.07 Å². The number of pyridine rings is 2. The minimum absolute atomic E-state index is 0.0920. The van der Waals surface area contributed by atoms with Gasteiger partial charge in [0, 0.05) is 32.2 Å². The first-order chi connectivity index (χ1) is 14.5. The Balaban J connectivity index is 1.73. The van der Waals surface area contributed by atoms with Crippen molar-refractivity contribution < 1.29 is 4.79 Å². The zero-order chi connectivity index (χ0) is 21.4. The summed E-state index contributed by atoms with van der Waals surface area (Å²) >= 11 is 0. The number of aryl methyl sites for hydroxylation is 1. The van der Waals surface area contributed by atoms with Crippen LogP contribution in [0.2, 0.25) is 0 Å². The van der Waals surface area contributed by atoms with Crippen LogP contribution in [0.1, 0.15) is 41.3 Å². The summed E-state index contributed by atoms with van der Waals surface area (Å²) in [6.45, 7) is 8.20. The summed E-state index contributed by atoms with van der Waals surface area (Å²) in [7, 11) is 1.95. The number of hydrogen-bond acceptors (Lipinski definition) is 7. The number of carbonyl (C=O) groups excluding carboxylic acids is 1. The van der Waals surface area contributed by atoms with Crippen LogP contribution < -0.4 is 15.5 Å². The summed E-state index contributed by atoms with van der Waals surface area (Å²) in [5, 5.41) is 8.43. The van der Waals surface area contributed by atoms with Crippen molar-refractivity contribution >= 4 is 17.5 Å². The average Bonchev–Trinajstić information content (AvgIpc) is 3.32. The lowest BCUT2D eigenvalue weighted by molar-refractivity contribution is 0.0996. The Kier molecular flexibility index (Phi) is 5.21. The third-order valence-corrected chi connectivity index (χ3v) is 5.54. The lowest BCUT2D eigenvalue weighted by Crippen LogP contribution is -2.24. The SMILES string of the molecule is CCN(C)c1cc2c(c(CN)n1)CN(c1cccc(-c3nnc(C)n3CC)n1)C2=O. The molecular weight excluding hydrogens is 380 g/mol. The first-order valence-corrected chi connectivity index (χ1v) is 10.1. The zero-order valence-electron chi connectivity index (χ0n) is 17.8. The van der Waals surface area contributed by atoms with Crippen molar-refractivity contribution in [2.45, 2.75) is 40.4 Å². The molecule has 1 aliphatic heterocycles. The first-order valence-electron chi connectivity index (χ1n) is 10.1. The summed E-state index contributed by atoms with van der Waals surface area (Å²) in [6.07, 6.45) is 0. The van der Waals surface area contributed by atoms with E-state index < -0.39 is 0 Å². The third kappa shape index (κ3) is 3.21. The van der Waals surface area contributed by atoms with Gasteiger partial charge in [-0.15, -0.1) is 10.2 Å². The number of amides is 1. The molecule has 0 unspecified atom stereocenters. The summed E-state index contributed by atoms with van der Waals surface area (Å²) in [5.41, 5.74) is 8.89. The van der Waals surface area contributed by atoms with Gasteiger partial charge in [0.1, 0.15) is 23.2 Å². The van der Waals surface area contributed by atoms with E-state index in [2.05, 4.69) is 15.2 Å². The van der Waals surface area contributed by atoms with E-state index in [1.165, 1.54) is 0 Å². The van der Waals surface area contributed by atoms with E-state index in [4.69, 9.17) is 10.7 Å². The first kappa shape index (κ1) is 20.0. The quantitative estimate of drug-likeness (QED) is 0.668. The molecule has 0 aromatic carbocycles. The highest BCUT2D eigenvalue weighted by Crippen LogP contribution is 2.32. The van der Waals surface area contributed by atoms with Gasteiger partial charge >= 0.3 is 0 Å². The van der Waals surface area contributed by atoms with Gasteiger partial charge in [0.25, 0.3) is 5.91 Å². The molecule has 9 nitrogen and oxygen atoms in total. The van der Waals surface area contributed by atoms with Crippen molar-refractivity contribution in [3.63, 3.8) is 0 Å². The Labute approximate surface area is 175 Å². The van der Waals surface area contributed by atoms with Gasteiger partial charge in [-0.3, -0.25) is 9.69 Å². The second kappa shape index (κ2) is 7.83. The maximum Gasteiger partial charge on any atom is 0.260 e. The Morgan fingerprint density at radius 1 is 1.20 bits per heavy atom. The molecule has 4 heterocycles. The van der Waals surface area contributed by atoms with Crippen LogP contribution in [-0.4, -0.2) is 44.2 Å². The predicted octanol–water partition coefficient (Wildman–Crippen LogP) is 2.14. The minimum atomic E-state index is -0.0920. The molecule has 4 rings (SSSR count). The summed E-state index contributed by atoms with van der Waals surface area (Å²) < 4.78 is 2.00. The Morgan fingerprint density at radius 2 is 2.00 bits per heavy atom. The van der Waals surface area contributed by atoms with E-state index in [1.54, 1.807) is 4.90 Å². The fraction of sp³-hybridized carbons (Fsp3) is 0.381. The molecule has 1 amide bonds. The minimum Gasteiger partial charge on any atom is -0.360 e. The lowest BCUT2D eigenvalue weighted by atomic mass is 10.1.